The molecule has 0 heterocycles. The van der Waals surface area contributed by atoms with Crippen molar-refractivity contribution in [2.45, 2.75) is 71.6 Å². The van der Waals surface area contributed by atoms with Crippen LogP contribution in [-0.2, 0) is 0 Å². The molecule has 0 saturated heterocycles. The van der Waals surface area contributed by atoms with Crippen LogP contribution in [0.1, 0.15) is 77.2 Å². The van der Waals surface area contributed by atoms with Crippen LogP contribution >= 0.6 is 0 Å². The molecule has 0 radical (unpaired) electrons. The fourth-order valence-corrected chi connectivity index (χ4v) is 6.28. The Kier molecular flexibility index (Phi) is 9.14. The van der Waals surface area contributed by atoms with Gasteiger partial charge in [-0.05, 0) is 103 Å². The van der Waals surface area contributed by atoms with Crippen molar-refractivity contribution in [3.05, 3.63) is 96.0 Å². The summed E-state index contributed by atoms with van der Waals surface area (Å²) in [6, 6.07) is 15.5. The highest BCUT2D eigenvalue weighted by molar-refractivity contribution is 5.74. The van der Waals surface area contributed by atoms with E-state index in [2.05, 4.69) is 13.0 Å². The Balaban J connectivity index is 1.26. The Bertz CT molecular complexity index is 1360. The molecule has 2 aliphatic rings. The summed E-state index contributed by atoms with van der Waals surface area (Å²) in [6.45, 7) is 4.39. The summed E-state index contributed by atoms with van der Waals surface area (Å²) >= 11 is 0. The van der Waals surface area contributed by atoms with Gasteiger partial charge in [0.25, 0.3) is 0 Å². The molecule has 2 aliphatic carbocycles. The molecule has 1 unspecified atom stereocenters. The molecule has 40 heavy (non-hydrogen) atoms. The van der Waals surface area contributed by atoms with Crippen molar-refractivity contribution in [3.63, 3.8) is 0 Å². The van der Waals surface area contributed by atoms with Crippen LogP contribution in [0.4, 0.5) is 13.2 Å². The minimum atomic E-state index is -1.02. The van der Waals surface area contributed by atoms with Gasteiger partial charge in [0.15, 0.2) is 11.6 Å². The maximum absolute atomic E-state index is 15.3. The fraction of sp³-hybridized carbons (Fsp3) is 0.389. The predicted octanol–water partition coefficient (Wildman–Crippen LogP) is 11.1. The molecular weight excluding hydrogens is 505 g/mol. The Morgan fingerprint density at radius 3 is 2.15 bits per heavy atom. The second-order valence-corrected chi connectivity index (χ2v) is 11.6. The van der Waals surface area contributed by atoms with Crippen molar-refractivity contribution < 1.29 is 17.9 Å². The lowest BCUT2D eigenvalue weighted by Crippen LogP contribution is -2.22. The lowest BCUT2D eigenvalue weighted by atomic mass is 9.71. The third-order valence-corrected chi connectivity index (χ3v) is 8.82. The molecule has 3 aromatic rings. The number of allylic oxidation sites excluding steroid dienone is 3. The molecule has 0 aromatic heterocycles. The molecule has 0 amide bonds. The van der Waals surface area contributed by atoms with E-state index in [9.17, 15) is 8.78 Å². The maximum atomic E-state index is 15.3. The van der Waals surface area contributed by atoms with Crippen LogP contribution in [0.5, 0.6) is 5.75 Å². The molecule has 1 atom stereocenters. The summed E-state index contributed by atoms with van der Waals surface area (Å²) in [5.41, 5.74) is 4.08. The van der Waals surface area contributed by atoms with Crippen molar-refractivity contribution in [1.82, 2.24) is 0 Å². The number of hydrogen-bond acceptors (Lipinski definition) is 1. The lowest BCUT2D eigenvalue weighted by Gasteiger charge is -2.34. The Morgan fingerprint density at radius 1 is 0.775 bits per heavy atom. The summed E-state index contributed by atoms with van der Waals surface area (Å²) in [4.78, 5) is 0. The lowest BCUT2D eigenvalue weighted by molar-refractivity contribution is 0.202. The Morgan fingerprint density at radius 2 is 1.48 bits per heavy atom. The molecule has 1 nitrogen and oxygen atoms in total. The summed E-state index contributed by atoms with van der Waals surface area (Å²) in [5.74, 6) is 0.100. The first-order valence-corrected chi connectivity index (χ1v) is 14.8. The average Bonchev–Trinajstić information content (AvgIpc) is 2.98. The van der Waals surface area contributed by atoms with E-state index in [1.54, 1.807) is 24.3 Å². The fourth-order valence-electron chi connectivity index (χ4n) is 6.28. The van der Waals surface area contributed by atoms with Gasteiger partial charge in [0.05, 0.1) is 6.26 Å². The zero-order valence-corrected chi connectivity index (χ0v) is 23.6. The largest absolute Gasteiger partial charge is 0.462 e. The van der Waals surface area contributed by atoms with Crippen molar-refractivity contribution in [1.29, 1.82) is 0 Å². The second-order valence-electron chi connectivity index (χ2n) is 11.6. The van der Waals surface area contributed by atoms with Gasteiger partial charge in [-0.25, -0.2) is 8.78 Å². The van der Waals surface area contributed by atoms with Gasteiger partial charge in [0, 0.05) is 11.1 Å². The highest BCUT2D eigenvalue weighted by Gasteiger charge is 2.28. The van der Waals surface area contributed by atoms with Crippen LogP contribution < -0.4 is 4.74 Å². The first kappa shape index (κ1) is 28.3. The molecule has 0 bridgehead atoms. The molecule has 1 fully saturated rings. The van der Waals surface area contributed by atoms with E-state index in [4.69, 9.17) is 4.74 Å². The zero-order valence-electron chi connectivity index (χ0n) is 23.6. The van der Waals surface area contributed by atoms with Crippen LogP contribution in [0.3, 0.4) is 0 Å². The SMILES string of the molecule is CCC/C=C\Oc1ccc(-c2ccc(-c3ccc(C4=CCC(C5CCC(C)CC5)CC4)c(F)c3)cc2)c(F)c1F. The molecule has 1 saturated carbocycles. The van der Waals surface area contributed by atoms with Gasteiger partial charge in [-0.3, -0.25) is 0 Å². The number of rotatable bonds is 8. The topological polar surface area (TPSA) is 9.23 Å². The van der Waals surface area contributed by atoms with Gasteiger partial charge in [-0.1, -0.05) is 75.6 Å². The summed E-state index contributed by atoms with van der Waals surface area (Å²) < 4.78 is 49.9. The smallest absolute Gasteiger partial charge is 0.201 e. The van der Waals surface area contributed by atoms with Crippen molar-refractivity contribution in [2.75, 3.05) is 0 Å². The van der Waals surface area contributed by atoms with Crippen LogP contribution in [-0.4, -0.2) is 0 Å². The van der Waals surface area contributed by atoms with E-state index in [1.807, 2.05) is 31.2 Å². The van der Waals surface area contributed by atoms with E-state index in [0.717, 1.165) is 66.6 Å². The van der Waals surface area contributed by atoms with E-state index in [0.29, 0.717) is 11.1 Å². The van der Waals surface area contributed by atoms with E-state index in [1.165, 1.54) is 44.1 Å². The summed E-state index contributed by atoms with van der Waals surface area (Å²) in [6.07, 6.45) is 15.7. The van der Waals surface area contributed by atoms with Gasteiger partial charge in [-0.2, -0.15) is 4.39 Å². The van der Waals surface area contributed by atoms with Crippen molar-refractivity contribution in [2.24, 2.45) is 17.8 Å². The molecule has 5 rings (SSSR count). The normalized spacial score (nSPS) is 21.4. The minimum absolute atomic E-state index is 0.145. The first-order chi connectivity index (χ1) is 19.4. The van der Waals surface area contributed by atoms with Gasteiger partial charge in [-0.15, -0.1) is 0 Å². The van der Waals surface area contributed by atoms with E-state index < -0.39 is 11.6 Å². The molecule has 4 heteroatoms. The van der Waals surface area contributed by atoms with Crippen LogP contribution in [0.15, 0.2) is 73.0 Å². The highest BCUT2D eigenvalue weighted by Crippen LogP contribution is 2.42. The minimum Gasteiger partial charge on any atom is -0.462 e. The molecule has 0 aliphatic heterocycles. The quantitative estimate of drug-likeness (QED) is 0.256. The number of hydrogen-bond donors (Lipinski definition) is 0. The molecule has 3 aromatic carbocycles. The second kappa shape index (κ2) is 12.9. The molecular formula is C36H39F3O. The van der Waals surface area contributed by atoms with Crippen LogP contribution in [0.2, 0.25) is 0 Å². The van der Waals surface area contributed by atoms with Gasteiger partial charge >= 0.3 is 0 Å². The Hall–Kier alpha value is -3.27. The standard InChI is InChI=1S/C36H39F3O/c1-3-4-5-22-40-34-21-20-32(35(38)36(34)39)29-16-12-27(13-17-29)30-18-19-31(33(37)23-30)28-14-10-26(11-15-28)25-8-6-24(2)7-9-25/h5,12-14,16-26H,3-4,6-11,15H2,1-2H3/b22-5-. The monoisotopic (exact) mass is 544 g/mol. The highest BCUT2D eigenvalue weighted by atomic mass is 19.2. The summed E-state index contributed by atoms with van der Waals surface area (Å²) in [7, 11) is 0. The predicted molar refractivity (Wildman–Crippen MR) is 158 cm³/mol. The molecule has 0 N–H and O–H groups in total. The number of halogens is 3. The van der Waals surface area contributed by atoms with E-state index in [-0.39, 0.29) is 17.1 Å². The summed E-state index contributed by atoms with van der Waals surface area (Å²) in [5, 5.41) is 0. The van der Waals surface area contributed by atoms with Gasteiger partial charge in [0.1, 0.15) is 5.82 Å². The van der Waals surface area contributed by atoms with Gasteiger partial charge < -0.3 is 4.74 Å². The van der Waals surface area contributed by atoms with Crippen molar-refractivity contribution in [3.8, 4) is 28.0 Å². The van der Waals surface area contributed by atoms with Crippen LogP contribution in [0.25, 0.3) is 27.8 Å². The third-order valence-electron chi connectivity index (χ3n) is 8.82. The third kappa shape index (κ3) is 6.37. The first-order valence-electron chi connectivity index (χ1n) is 14.8. The van der Waals surface area contributed by atoms with Gasteiger partial charge in [0.2, 0.25) is 5.82 Å². The molecule has 210 valence electrons. The number of benzene rings is 3. The van der Waals surface area contributed by atoms with Crippen molar-refractivity contribution >= 4 is 5.57 Å². The zero-order chi connectivity index (χ0) is 28.1. The van der Waals surface area contributed by atoms with Crippen LogP contribution in [0, 0.1) is 35.2 Å². The average molecular weight is 545 g/mol. The maximum Gasteiger partial charge on any atom is 0.201 e. The molecule has 0 spiro atoms. The van der Waals surface area contributed by atoms with E-state index >= 15 is 4.39 Å². The number of ether oxygens (including phenoxy) is 1. The Labute approximate surface area is 236 Å². The number of unbranched alkanes of at least 4 members (excludes halogenated alkanes) is 1.